The maximum atomic E-state index is 13.3. The van der Waals surface area contributed by atoms with Gasteiger partial charge < -0.3 is 11.8 Å². The molecule has 0 aliphatic rings. The van der Waals surface area contributed by atoms with E-state index < -0.39 is 5.91 Å². The van der Waals surface area contributed by atoms with Gasteiger partial charge in [0.25, 0.3) is 11.8 Å². The summed E-state index contributed by atoms with van der Waals surface area (Å²) in [7, 11) is 0. The number of nitrogens with zero attached hydrogens (tertiary/aromatic N) is 3. The first-order chi connectivity index (χ1) is 16.4. The molecular weight excluding hydrogens is 554 g/mol. The first-order valence-corrected chi connectivity index (χ1v) is 12.2. The molecule has 0 atom stereocenters. The van der Waals surface area contributed by atoms with Gasteiger partial charge >= 0.3 is 51.4 Å². The summed E-state index contributed by atoms with van der Waals surface area (Å²) in [5.74, 6) is -0.964. The molecular formula is C23H17Cl2KN4O3S2. The Morgan fingerprint density at radius 3 is 2.63 bits per heavy atom. The van der Waals surface area contributed by atoms with Crippen LogP contribution in [-0.4, -0.2) is 28.1 Å². The molecule has 7 nitrogen and oxygen atoms in total. The van der Waals surface area contributed by atoms with E-state index in [0.29, 0.717) is 31.1 Å². The Labute approximate surface area is 263 Å². The minimum absolute atomic E-state index is 0. The number of rotatable bonds is 6. The Kier molecular flexibility index (Phi) is 10.0. The van der Waals surface area contributed by atoms with Gasteiger partial charge in [0.05, 0.1) is 36.6 Å². The number of hydrogen-bond acceptors (Lipinski definition) is 7. The molecule has 12 heteroatoms. The second-order valence-electron chi connectivity index (χ2n) is 6.78. The number of nitrogens with one attached hydrogen (secondary N) is 1. The summed E-state index contributed by atoms with van der Waals surface area (Å²) in [6.45, 7) is 1.66. The molecule has 0 bridgehead atoms. The Bertz CT molecular complexity index is 1400. The van der Waals surface area contributed by atoms with Gasteiger partial charge in [-0.1, -0.05) is 29.3 Å². The largest absolute Gasteiger partial charge is 1.00 e. The Balaban J connectivity index is 0.00000228. The van der Waals surface area contributed by atoms with Gasteiger partial charge in [-0.15, -0.1) is 22.7 Å². The van der Waals surface area contributed by atoms with Gasteiger partial charge in [-0.05, 0) is 48.9 Å². The van der Waals surface area contributed by atoms with E-state index in [-0.39, 0.29) is 75.0 Å². The summed E-state index contributed by atoms with van der Waals surface area (Å²) >= 11 is 14.4. The number of carbonyl (C=O) groups excluding carboxylic acids is 2. The molecule has 174 valence electrons. The number of hydrogen-bond donors (Lipinski definition) is 2. The molecule has 4 rings (SSSR count). The van der Waals surface area contributed by atoms with Crippen molar-refractivity contribution in [3.8, 4) is 16.2 Å². The van der Waals surface area contributed by atoms with Crippen LogP contribution in [0.15, 0.2) is 65.3 Å². The van der Waals surface area contributed by atoms with Crippen LogP contribution in [-0.2, 0) is 0 Å². The van der Waals surface area contributed by atoms with Crippen molar-refractivity contribution in [2.24, 2.45) is 5.10 Å². The molecule has 4 aromatic rings. The summed E-state index contributed by atoms with van der Waals surface area (Å²) in [6, 6.07) is 11.5. The summed E-state index contributed by atoms with van der Waals surface area (Å²) in [5.41, 5.74) is 1.41. The third kappa shape index (κ3) is 6.40. The van der Waals surface area contributed by atoms with Crippen LogP contribution in [0.4, 0.5) is 11.4 Å². The van der Waals surface area contributed by atoms with Crippen LogP contribution in [0.25, 0.3) is 10.4 Å². The van der Waals surface area contributed by atoms with E-state index in [2.05, 4.69) is 15.4 Å². The van der Waals surface area contributed by atoms with E-state index in [4.69, 9.17) is 23.2 Å². The molecule has 0 saturated carbocycles. The van der Waals surface area contributed by atoms with Crippen molar-refractivity contribution >= 4 is 75.3 Å². The van der Waals surface area contributed by atoms with Gasteiger partial charge in [0.2, 0.25) is 0 Å². The molecule has 0 unspecified atom stereocenters. The topological polar surface area (TPSA) is 94.9 Å². The number of anilines is 2. The third-order valence-corrected chi connectivity index (χ3v) is 7.36. The van der Waals surface area contributed by atoms with E-state index in [1.807, 2.05) is 0 Å². The molecule has 0 saturated heterocycles. The van der Waals surface area contributed by atoms with E-state index in [9.17, 15) is 14.7 Å². The minimum Gasteiger partial charge on any atom is -1.00 e. The Morgan fingerprint density at radius 1 is 1.17 bits per heavy atom. The van der Waals surface area contributed by atoms with E-state index in [1.165, 1.54) is 23.7 Å². The molecule has 3 aromatic heterocycles. The quantitative estimate of drug-likeness (QED) is 0.209. The molecule has 0 spiro atoms. The van der Waals surface area contributed by atoms with Crippen molar-refractivity contribution in [2.75, 3.05) is 10.3 Å². The normalized spacial score (nSPS) is 10.7. The number of thiophene rings is 2. The van der Waals surface area contributed by atoms with Gasteiger partial charge in [-0.25, -0.2) is 0 Å². The Morgan fingerprint density at radius 2 is 1.94 bits per heavy atom. The van der Waals surface area contributed by atoms with Crippen molar-refractivity contribution in [2.45, 2.75) is 6.92 Å². The molecule has 3 heterocycles. The van der Waals surface area contributed by atoms with Crippen LogP contribution in [0.5, 0.6) is 5.75 Å². The van der Waals surface area contributed by atoms with Gasteiger partial charge in [-0.2, -0.15) is 10.1 Å². The molecule has 0 radical (unpaired) electrons. The summed E-state index contributed by atoms with van der Waals surface area (Å²) < 4.78 is 0. The first-order valence-electron chi connectivity index (χ1n) is 9.79. The fourth-order valence-electron chi connectivity index (χ4n) is 2.98. The molecule has 0 aliphatic heterocycles. The SMILES string of the molecule is CC=NN(C(=O)c1ccc(C(=O)Nc2cccnc2)s1)c1csc(-c2ccc(Cl)c(Cl)c2)c1O.[H-].[K+]. The number of aromatic hydroxyl groups is 1. The third-order valence-electron chi connectivity index (χ3n) is 4.54. The fraction of sp³-hybridized carbons (Fsp3) is 0.0435. The van der Waals surface area contributed by atoms with Crippen molar-refractivity contribution < 1.29 is 67.5 Å². The molecule has 35 heavy (non-hydrogen) atoms. The monoisotopic (exact) mass is 570 g/mol. The van der Waals surface area contributed by atoms with Crippen LogP contribution in [0.2, 0.25) is 10.0 Å². The number of benzene rings is 1. The number of hydrazone groups is 1. The maximum Gasteiger partial charge on any atom is 1.00 e. The van der Waals surface area contributed by atoms with Gasteiger partial charge in [0.15, 0.2) is 5.75 Å². The van der Waals surface area contributed by atoms with Gasteiger partial charge in [0.1, 0.15) is 5.69 Å². The average Bonchev–Trinajstić information content (AvgIpc) is 3.47. The van der Waals surface area contributed by atoms with Gasteiger partial charge in [0, 0.05) is 17.8 Å². The summed E-state index contributed by atoms with van der Waals surface area (Å²) in [5, 5.41) is 21.2. The second-order valence-corrected chi connectivity index (χ2v) is 9.56. The molecule has 0 aliphatic carbocycles. The predicted molar refractivity (Wildman–Crippen MR) is 140 cm³/mol. The first kappa shape index (κ1) is 28.0. The number of carbonyl (C=O) groups is 2. The zero-order chi connectivity index (χ0) is 24.2. The zero-order valence-corrected chi connectivity index (χ0v) is 24.8. The van der Waals surface area contributed by atoms with E-state index in [0.717, 1.165) is 16.3 Å². The standard InChI is InChI=1S/C23H16Cl2N4O3S2.K.H/c1-2-27-29(17-12-33-21(20(17)30)13-5-6-15(24)16(25)10-13)23(32)19-8-7-18(34-19)22(31)28-14-4-3-9-26-11-14;;/h2-12,30H,1H3,(H,28,31);;/q;+1;-1. The van der Waals surface area contributed by atoms with Gasteiger partial charge in [-0.3, -0.25) is 14.6 Å². The number of halogens is 2. The molecule has 2 N–H and O–H groups in total. The Hall–Kier alpha value is -1.60. The number of aromatic nitrogens is 1. The van der Waals surface area contributed by atoms with Crippen LogP contribution in [0.1, 0.15) is 27.7 Å². The second kappa shape index (κ2) is 12.6. The zero-order valence-electron chi connectivity index (χ0n) is 19.5. The minimum atomic E-state index is -0.489. The number of amides is 2. The van der Waals surface area contributed by atoms with Crippen LogP contribution in [0, 0.1) is 0 Å². The van der Waals surface area contributed by atoms with Crippen molar-refractivity contribution in [3.05, 3.63) is 80.0 Å². The van der Waals surface area contributed by atoms with Crippen molar-refractivity contribution in [1.82, 2.24) is 4.98 Å². The fourth-order valence-corrected chi connectivity index (χ4v) is 5.03. The predicted octanol–water partition coefficient (Wildman–Crippen LogP) is 3.91. The average molecular weight is 572 g/mol. The van der Waals surface area contributed by atoms with Crippen LogP contribution < -0.4 is 61.7 Å². The molecule has 1 aromatic carbocycles. The van der Waals surface area contributed by atoms with Crippen molar-refractivity contribution in [1.29, 1.82) is 0 Å². The summed E-state index contributed by atoms with van der Waals surface area (Å²) in [4.78, 5) is 30.9. The van der Waals surface area contributed by atoms with Crippen LogP contribution in [0.3, 0.4) is 0 Å². The smallest absolute Gasteiger partial charge is 1.00 e. The van der Waals surface area contributed by atoms with Crippen molar-refractivity contribution in [3.63, 3.8) is 0 Å². The molecule has 2 amide bonds. The van der Waals surface area contributed by atoms with E-state index >= 15 is 0 Å². The van der Waals surface area contributed by atoms with E-state index in [1.54, 1.807) is 61.0 Å². The summed E-state index contributed by atoms with van der Waals surface area (Å²) in [6.07, 6.45) is 4.57. The maximum absolute atomic E-state index is 13.3. The number of pyridine rings is 1. The van der Waals surface area contributed by atoms with Crippen LogP contribution >= 0.6 is 45.9 Å². The molecule has 0 fully saturated rings.